The molecule has 0 saturated heterocycles. The predicted molar refractivity (Wildman–Crippen MR) is 172 cm³/mol. The van der Waals surface area contributed by atoms with Crippen molar-refractivity contribution in [2.24, 2.45) is 5.73 Å². The van der Waals surface area contributed by atoms with Crippen molar-refractivity contribution in [1.29, 1.82) is 0 Å². The molecule has 0 aliphatic carbocycles. The Labute approximate surface area is 270 Å². The zero-order valence-corrected chi connectivity index (χ0v) is 26.0. The highest BCUT2D eigenvalue weighted by Gasteiger charge is 2.31. The molecule has 11 heteroatoms. The number of halogens is 3. The van der Waals surface area contributed by atoms with E-state index in [1.165, 1.54) is 49.3 Å². The number of ether oxygens (including phenoxy) is 1. The summed E-state index contributed by atoms with van der Waals surface area (Å²) in [5.41, 5.74) is 7.19. The molecule has 0 spiro atoms. The molecule has 47 heavy (non-hydrogen) atoms. The first kappa shape index (κ1) is 34.4. The Morgan fingerprint density at radius 2 is 1.49 bits per heavy atom. The van der Waals surface area contributed by atoms with E-state index in [-0.39, 0.29) is 23.2 Å². The van der Waals surface area contributed by atoms with Gasteiger partial charge in [0, 0.05) is 25.6 Å². The number of esters is 1. The summed E-state index contributed by atoms with van der Waals surface area (Å²) in [5, 5.41) is 2.73. The highest BCUT2D eigenvalue weighted by Crippen LogP contribution is 2.32. The van der Waals surface area contributed by atoms with Crippen molar-refractivity contribution in [1.82, 2.24) is 4.90 Å². The minimum atomic E-state index is -4.50. The smallest absolute Gasteiger partial charge is 0.416 e. The molecule has 8 nitrogen and oxygen atoms in total. The average Bonchev–Trinajstić information content (AvgIpc) is 3.05. The molecule has 0 radical (unpaired) electrons. The summed E-state index contributed by atoms with van der Waals surface area (Å²) in [6.07, 6.45) is -5.51. The van der Waals surface area contributed by atoms with Crippen LogP contribution < -0.4 is 11.1 Å². The summed E-state index contributed by atoms with van der Waals surface area (Å²) in [6.45, 7) is 1.86. The highest BCUT2D eigenvalue weighted by molar-refractivity contribution is 6.11. The third-order valence-electron chi connectivity index (χ3n) is 7.58. The molecule has 0 bridgehead atoms. The van der Waals surface area contributed by atoms with Crippen molar-refractivity contribution in [2.75, 3.05) is 19.4 Å². The Morgan fingerprint density at radius 3 is 2.09 bits per heavy atom. The third kappa shape index (κ3) is 8.43. The second-order valence-corrected chi connectivity index (χ2v) is 11.1. The van der Waals surface area contributed by atoms with E-state index in [1.807, 2.05) is 37.3 Å². The number of primary amides is 1. The third-order valence-corrected chi connectivity index (χ3v) is 7.58. The second kappa shape index (κ2) is 14.8. The molecular weight excluding hydrogens is 611 g/mol. The van der Waals surface area contributed by atoms with Gasteiger partial charge in [0.05, 0.1) is 23.2 Å². The molecule has 2 unspecified atom stereocenters. The molecule has 0 fully saturated rings. The summed E-state index contributed by atoms with van der Waals surface area (Å²) < 4.78 is 44.8. The summed E-state index contributed by atoms with van der Waals surface area (Å²) in [7, 11) is 3.06. The van der Waals surface area contributed by atoms with Crippen LogP contribution in [0.25, 0.3) is 11.1 Å². The maximum absolute atomic E-state index is 13.5. The number of alkyl halides is 3. The molecule has 0 saturated carbocycles. The van der Waals surface area contributed by atoms with Crippen LogP contribution >= 0.6 is 0 Å². The fourth-order valence-corrected chi connectivity index (χ4v) is 5.20. The number of nitrogens with zero attached hydrogens (tertiary/aromatic N) is 1. The molecule has 4 aromatic rings. The minimum absolute atomic E-state index is 0.0860. The number of hydrogen-bond donors (Lipinski definition) is 2. The van der Waals surface area contributed by atoms with E-state index in [0.29, 0.717) is 23.1 Å². The average molecular weight is 646 g/mol. The van der Waals surface area contributed by atoms with Crippen molar-refractivity contribution in [3.05, 3.63) is 125 Å². The van der Waals surface area contributed by atoms with Crippen LogP contribution in [0.3, 0.4) is 0 Å². The van der Waals surface area contributed by atoms with Crippen LogP contribution in [0.15, 0.2) is 97.1 Å². The number of amides is 3. The first-order chi connectivity index (χ1) is 22.3. The van der Waals surface area contributed by atoms with Crippen LogP contribution in [0.4, 0.5) is 18.9 Å². The lowest BCUT2D eigenvalue weighted by molar-refractivity contribution is -0.155. The number of carbonyl (C=O) groups is 4. The quantitative estimate of drug-likeness (QED) is 0.182. The normalized spacial score (nSPS) is 12.5. The van der Waals surface area contributed by atoms with E-state index in [0.717, 1.165) is 17.7 Å². The van der Waals surface area contributed by atoms with Crippen LogP contribution in [0.1, 0.15) is 56.7 Å². The molecule has 0 aliphatic heterocycles. The van der Waals surface area contributed by atoms with Gasteiger partial charge in [-0.25, -0.2) is 0 Å². The number of nitrogens with two attached hydrogens (primary N) is 1. The van der Waals surface area contributed by atoms with Gasteiger partial charge in [0.2, 0.25) is 0 Å². The minimum Gasteiger partial charge on any atom is -0.451 e. The Bertz CT molecular complexity index is 1760. The molecule has 0 heterocycles. The number of anilines is 1. The topological polar surface area (TPSA) is 119 Å². The fourth-order valence-electron chi connectivity index (χ4n) is 5.20. The maximum atomic E-state index is 13.5. The fraction of sp³-hybridized carbons (Fsp3) is 0.222. The van der Waals surface area contributed by atoms with Crippen LogP contribution in [-0.2, 0) is 26.9 Å². The van der Waals surface area contributed by atoms with E-state index in [4.69, 9.17) is 10.5 Å². The molecule has 3 amide bonds. The number of benzene rings is 4. The number of nitrogens with one attached hydrogen (secondary N) is 1. The van der Waals surface area contributed by atoms with Crippen molar-refractivity contribution in [3.8, 4) is 11.1 Å². The Hall–Kier alpha value is -5.45. The Balaban J connectivity index is 1.58. The van der Waals surface area contributed by atoms with Gasteiger partial charge in [0.1, 0.15) is 0 Å². The summed E-state index contributed by atoms with van der Waals surface area (Å²) in [4.78, 5) is 53.3. The zero-order valence-electron chi connectivity index (χ0n) is 26.0. The molecule has 0 aromatic heterocycles. The van der Waals surface area contributed by atoms with E-state index >= 15 is 0 Å². The van der Waals surface area contributed by atoms with E-state index < -0.39 is 47.5 Å². The van der Waals surface area contributed by atoms with Crippen molar-refractivity contribution >= 4 is 29.4 Å². The first-order valence-corrected chi connectivity index (χ1v) is 14.8. The Kier molecular flexibility index (Phi) is 10.8. The van der Waals surface area contributed by atoms with E-state index in [9.17, 15) is 32.3 Å². The van der Waals surface area contributed by atoms with Crippen LogP contribution in [0.5, 0.6) is 0 Å². The van der Waals surface area contributed by atoms with Gasteiger partial charge in [0.15, 0.2) is 6.10 Å². The predicted octanol–water partition coefficient (Wildman–Crippen LogP) is 6.46. The van der Waals surface area contributed by atoms with Gasteiger partial charge in [-0.3, -0.25) is 19.2 Å². The lowest BCUT2D eigenvalue weighted by Gasteiger charge is -2.24. The van der Waals surface area contributed by atoms with E-state index in [2.05, 4.69) is 5.32 Å². The van der Waals surface area contributed by atoms with Crippen LogP contribution in [0, 0.1) is 0 Å². The summed E-state index contributed by atoms with van der Waals surface area (Å²) >= 11 is 0. The standard InChI is InChI=1S/C36H34F3N3O5/c1-4-26(23-10-6-5-7-11-23)32(33(40)44)47-31(43)21-22-14-19-30(29(20-22)35(46)42(2)3)41-34(45)28-13-9-8-12-27(28)24-15-17-25(18-16-24)36(37,38)39/h5-20,26,32H,4,21H2,1-3H3,(H2,40,44)(H,41,45). The van der Waals surface area contributed by atoms with Crippen LogP contribution in [-0.4, -0.2) is 48.8 Å². The molecule has 244 valence electrons. The summed E-state index contributed by atoms with van der Waals surface area (Å²) in [6, 6.07) is 24.4. The van der Waals surface area contributed by atoms with Crippen LogP contribution in [0.2, 0.25) is 0 Å². The lowest BCUT2D eigenvalue weighted by atomic mass is 9.90. The van der Waals surface area contributed by atoms with Gasteiger partial charge >= 0.3 is 12.1 Å². The molecule has 4 aromatic carbocycles. The van der Waals surface area contributed by atoms with Crippen molar-refractivity contribution in [2.45, 2.75) is 38.0 Å². The molecule has 2 atom stereocenters. The van der Waals surface area contributed by atoms with Gasteiger partial charge in [-0.15, -0.1) is 0 Å². The number of hydrogen-bond acceptors (Lipinski definition) is 5. The van der Waals surface area contributed by atoms with Gasteiger partial charge in [-0.1, -0.05) is 73.7 Å². The first-order valence-electron chi connectivity index (χ1n) is 14.8. The summed E-state index contributed by atoms with van der Waals surface area (Å²) in [5.74, 6) is -3.03. The highest BCUT2D eigenvalue weighted by atomic mass is 19.4. The monoisotopic (exact) mass is 645 g/mol. The van der Waals surface area contributed by atoms with Crippen molar-refractivity contribution < 1.29 is 37.1 Å². The zero-order chi connectivity index (χ0) is 34.3. The maximum Gasteiger partial charge on any atom is 0.416 e. The van der Waals surface area contributed by atoms with Gasteiger partial charge in [-0.2, -0.15) is 13.2 Å². The number of carbonyl (C=O) groups excluding carboxylic acids is 4. The Morgan fingerprint density at radius 1 is 0.851 bits per heavy atom. The van der Waals surface area contributed by atoms with Crippen molar-refractivity contribution in [3.63, 3.8) is 0 Å². The van der Waals surface area contributed by atoms with Gasteiger partial charge < -0.3 is 20.7 Å². The second-order valence-electron chi connectivity index (χ2n) is 11.1. The molecular formula is C36H34F3N3O5. The van der Waals surface area contributed by atoms with Gasteiger partial charge in [0.25, 0.3) is 17.7 Å². The lowest BCUT2D eigenvalue weighted by Crippen LogP contribution is -2.38. The SMILES string of the molecule is CCC(c1ccccc1)C(OC(=O)Cc1ccc(NC(=O)c2ccccc2-c2ccc(C(F)(F)F)cc2)c(C(=O)N(C)C)c1)C(N)=O. The number of rotatable bonds is 11. The largest absolute Gasteiger partial charge is 0.451 e. The van der Waals surface area contributed by atoms with E-state index in [1.54, 1.807) is 24.3 Å². The molecule has 4 rings (SSSR count). The van der Waals surface area contributed by atoms with Gasteiger partial charge in [-0.05, 0) is 59.0 Å². The molecule has 3 N–H and O–H groups in total. The molecule has 0 aliphatic rings.